The van der Waals surface area contributed by atoms with Gasteiger partial charge in [-0.05, 0) is 37.6 Å². The number of amides is 1. The second-order valence-corrected chi connectivity index (χ2v) is 4.83. The topological polar surface area (TPSA) is 50.7 Å². The van der Waals surface area contributed by atoms with Gasteiger partial charge in [-0.3, -0.25) is 4.79 Å². The molecule has 0 radical (unpaired) electrons. The Morgan fingerprint density at radius 1 is 1.16 bits per heavy atom. The second kappa shape index (κ2) is 11.6. The van der Waals surface area contributed by atoms with Gasteiger partial charge in [-0.15, -0.1) is 0 Å². The van der Waals surface area contributed by atoms with Gasteiger partial charge >= 0.3 is 0 Å². The van der Waals surface area contributed by atoms with Crippen LogP contribution in [0.15, 0.2) is 83.0 Å². The lowest BCUT2D eigenvalue weighted by Gasteiger charge is -2.06. The number of ether oxygens (including phenoxy) is 1. The van der Waals surface area contributed by atoms with Crippen LogP contribution in [0.4, 0.5) is 0 Å². The molecule has 0 spiro atoms. The van der Waals surface area contributed by atoms with E-state index in [1.807, 2.05) is 94.5 Å². The lowest BCUT2D eigenvalue weighted by atomic mass is 10.1. The normalized spacial score (nSPS) is 16.0. The predicted octanol–water partition coefficient (Wildman–Crippen LogP) is 4.58. The Balaban J connectivity index is 0.00000151. The molecule has 1 aromatic carbocycles. The molecule has 2 rings (SSSR count). The van der Waals surface area contributed by atoms with Gasteiger partial charge in [-0.2, -0.15) is 5.10 Å². The molecular formula is C21H26N2O2. The predicted molar refractivity (Wildman–Crippen MR) is 105 cm³/mol. The Kier molecular flexibility index (Phi) is 9.38. The fourth-order valence-electron chi connectivity index (χ4n) is 1.97. The zero-order chi connectivity index (χ0) is 18.5. The summed E-state index contributed by atoms with van der Waals surface area (Å²) in [5.74, 6) is 0.531. The summed E-state index contributed by atoms with van der Waals surface area (Å²) in [6, 6.07) is 9.45. The summed E-state index contributed by atoms with van der Waals surface area (Å²) >= 11 is 0. The lowest BCUT2D eigenvalue weighted by Crippen LogP contribution is -2.16. The molecule has 1 aromatic rings. The van der Waals surface area contributed by atoms with E-state index < -0.39 is 0 Å². The molecule has 1 amide bonds. The number of hydrazone groups is 1. The summed E-state index contributed by atoms with van der Waals surface area (Å²) in [7, 11) is 0. The van der Waals surface area contributed by atoms with Crippen LogP contribution in [0.25, 0.3) is 0 Å². The minimum absolute atomic E-state index is 0.213. The molecule has 0 unspecified atom stereocenters. The molecule has 0 saturated heterocycles. The first-order valence-electron chi connectivity index (χ1n) is 8.47. The van der Waals surface area contributed by atoms with Gasteiger partial charge in [-0.25, -0.2) is 5.43 Å². The number of rotatable bonds is 6. The minimum Gasteiger partial charge on any atom is -0.487 e. The summed E-state index contributed by atoms with van der Waals surface area (Å²) < 4.78 is 5.67. The van der Waals surface area contributed by atoms with Crippen molar-refractivity contribution >= 4 is 11.6 Å². The summed E-state index contributed by atoms with van der Waals surface area (Å²) in [5, 5.41) is 4.06. The van der Waals surface area contributed by atoms with Crippen molar-refractivity contribution in [1.82, 2.24) is 5.43 Å². The molecule has 0 bridgehead atoms. The number of nitrogens with zero attached hydrogens (tertiary/aromatic N) is 1. The smallest absolute Gasteiger partial charge is 0.273 e. The van der Waals surface area contributed by atoms with E-state index in [0.717, 1.165) is 11.3 Å². The third-order valence-corrected chi connectivity index (χ3v) is 3.20. The molecule has 4 heteroatoms. The Morgan fingerprint density at radius 2 is 1.88 bits per heavy atom. The first-order valence-corrected chi connectivity index (χ1v) is 8.47. The lowest BCUT2D eigenvalue weighted by molar-refractivity contribution is -0.116. The second-order valence-electron chi connectivity index (χ2n) is 4.83. The van der Waals surface area contributed by atoms with Gasteiger partial charge in [0.1, 0.15) is 18.1 Å². The highest BCUT2D eigenvalue weighted by Gasteiger charge is 2.23. The fourth-order valence-corrected chi connectivity index (χ4v) is 1.97. The quantitative estimate of drug-likeness (QED) is 0.609. The van der Waals surface area contributed by atoms with Gasteiger partial charge in [0.05, 0.1) is 5.57 Å². The highest BCUT2D eigenvalue weighted by atomic mass is 16.5. The third kappa shape index (κ3) is 6.63. The van der Waals surface area contributed by atoms with Crippen LogP contribution in [-0.2, 0) is 4.79 Å². The van der Waals surface area contributed by atoms with Crippen LogP contribution in [0.1, 0.15) is 27.7 Å². The van der Waals surface area contributed by atoms with Crippen molar-refractivity contribution < 1.29 is 9.53 Å². The fraction of sp³-hybridized carbons (Fsp3) is 0.238. The largest absolute Gasteiger partial charge is 0.487 e. The number of allylic oxidation sites excluding steroid dienone is 7. The molecule has 0 fully saturated rings. The summed E-state index contributed by atoms with van der Waals surface area (Å²) in [6.07, 6.45) is 11.5. The molecule has 132 valence electrons. The van der Waals surface area contributed by atoms with Crippen LogP contribution >= 0.6 is 0 Å². The first-order chi connectivity index (χ1) is 12.2. The number of para-hydroxylation sites is 1. The first kappa shape index (κ1) is 20.2. The van der Waals surface area contributed by atoms with Crippen LogP contribution in [0.2, 0.25) is 0 Å². The summed E-state index contributed by atoms with van der Waals surface area (Å²) in [5.41, 5.74) is 4.54. The molecule has 0 aromatic heterocycles. The van der Waals surface area contributed by atoms with E-state index in [0.29, 0.717) is 11.3 Å². The van der Waals surface area contributed by atoms with Crippen molar-refractivity contribution in [3.63, 3.8) is 0 Å². The molecule has 0 saturated carbocycles. The van der Waals surface area contributed by atoms with Crippen LogP contribution in [0, 0.1) is 0 Å². The molecule has 25 heavy (non-hydrogen) atoms. The Labute approximate surface area is 150 Å². The van der Waals surface area contributed by atoms with Crippen molar-refractivity contribution in [2.45, 2.75) is 27.7 Å². The van der Waals surface area contributed by atoms with Crippen molar-refractivity contribution in [1.29, 1.82) is 0 Å². The maximum Gasteiger partial charge on any atom is 0.273 e. The van der Waals surface area contributed by atoms with Gasteiger partial charge < -0.3 is 4.74 Å². The molecule has 4 nitrogen and oxygen atoms in total. The van der Waals surface area contributed by atoms with E-state index in [9.17, 15) is 4.79 Å². The SMILES string of the molecule is CC.C\C=C/C=C\C(=C/C)\C=C1\C(=O)NN=C1COc1ccccc1. The zero-order valence-corrected chi connectivity index (χ0v) is 15.3. The van der Waals surface area contributed by atoms with Crippen molar-refractivity contribution in [2.24, 2.45) is 5.10 Å². The molecule has 1 aliphatic rings. The number of benzene rings is 1. The van der Waals surface area contributed by atoms with Gasteiger partial charge in [0.2, 0.25) is 0 Å². The summed E-state index contributed by atoms with van der Waals surface area (Å²) in [6.45, 7) is 8.12. The van der Waals surface area contributed by atoms with Crippen molar-refractivity contribution in [3.8, 4) is 5.75 Å². The Morgan fingerprint density at radius 3 is 2.52 bits per heavy atom. The maximum atomic E-state index is 12.0. The highest BCUT2D eigenvalue weighted by molar-refractivity contribution is 6.25. The maximum absolute atomic E-state index is 12.0. The number of carbonyl (C=O) groups excluding carboxylic acids is 1. The van der Waals surface area contributed by atoms with Crippen LogP contribution in [0.3, 0.4) is 0 Å². The van der Waals surface area contributed by atoms with E-state index in [1.54, 1.807) is 0 Å². The van der Waals surface area contributed by atoms with Crippen LogP contribution < -0.4 is 10.2 Å². The minimum atomic E-state index is -0.213. The Bertz CT molecular complexity index is 696. The highest BCUT2D eigenvalue weighted by Crippen LogP contribution is 2.14. The summed E-state index contributed by atoms with van der Waals surface area (Å²) in [4.78, 5) is 12.0. The van der Waals surface area contributed by atoms with Crippen LogP contribution in [-0.4, -0.2) is 18.2 Å². The standard InChI is InChI=1S/C19H20N2O2.C2H6/c1-3-5-7-10-15(4-2)13-17-18(20-21-19(17)22)14-23-16-11-8-6-9-12-16;1-2/h3-13H,14H2,1-2H3,(H,21,22);1-2H3/b5-3-,10-7-,15-4+,17-13+;. The molecule has 0 aliphatic carbocycles. The van der Waals surface area contributed by atoms with Gasteiger partial charge in [0.25, 0.3) is 5.91 Å². The Hall–Kier alpha value is -2.88. The van der Waals surface area contributed by atoms with E-state index in [4.69, 9.17) is 4.74 Å². The van der Waals surface area contributed by atoms with E-state index in [-0.39, 0.29) is 12.5 Å². The average molecular weight is 338 g/mol. The number of carbonyl (C=O) groups is 1. The average Bonchev–Trinajstić information content (AvgIpc) is 3.01. The van der Waals surface area contributed by atoms with E-state index in [1.165, 1.54) is 0 Å². The molecule has 0 atom stereocenters. The van der Waals surface area contributed by atoms with E-state index in [2.05, 4.69) is 10.5 Å². The van der Waals surface area contributed by atoms with E-state index >= 15 is 0 Å². The van der Waals surface area contributed by atoms with Crippen molar-refractivity contribution in [2.75, 3.05) is 6.61 Å². The number of nitrogens with one attached hydrogen (secondary N) is 1. The molecule has 1 N–H and O–H groups in total. The molecular weight excluding hydrogens is 312 g/mol. The zero-order valence-electron chi connectivity index (χ0n) is 15.3. The number of hydrogen-bond donors (Lipinski definition) is 1. The monoisotopic (exact) mass is 338 g/mol. The molecule has 1 aliphatic heterocycles. The third-order valence-electron chi connectivity index (χ3n) is 3.20. The van der Waals surface area contributed by atoms with Gasteiger partial charge in [0, 0.05) is 0 Å². The van der Waals surface area contributed by atoms with Gasteiger partial charge in [-0.1, -0.05) is 62.4 Å². The van der Waals surface area contributed by atoms with Crippen molar-refractivity contribution in [3.05, 3.63) is 77.9 Å². The van der Waals surface area contributed by atoms with Crippen LogP contribution in [0.5, 0.6) is 5.75 Å². The molecule has 1 heterocycles. The van der Waals surface area contributed by atoms with Gasteiger partial charge in [0.15, 0.2) is 0 Å². The number of hydrogen-bond acceptors (Lipinski definition) is 3.